The van der Waals surface area contributed by atoms with Crippen LogP contribution in [0.3, 0.4) is 0 Å². The second kappa shape index (κ2) is 9.53. The zero-order chi connectivity index (χ0) is 18.2. The second-order valence-corrected chi connectivity index (χ2v) is 7.19. The van der Waals surface area contributed by atoms with Crippen molar-refractivity contribution in [1.82, 2.24) is 9.88 Å². The normalized spacial score (nSPS) is 10.9. The Balaban J connectivity index is 1.95. The lowest BCUT2D eigenvalue weighted by molar-refractivity contribution is -0.135. The lowest BCUT2D eigenvalue weighted by Gasteiger charge is -2.23. The van der Waals surface area contributed by atoms with Gasteiger partial charge in [-0.15, -0.1) is 11.3 Å². The Hall–Kier alpha value is -1.92. The minimum absolute atomic E-state index is 0.0420. The van der Waals surface area contributed by atoms with Crippen LogP contribution in [0.4, 0.5) is 0 Å². The van der Waals surface area contributed by atoms with E-state index in [1.807, 2.05) is 50.4 Å². The zero-order valence-corrected chi connectivity index (χ0v) is 16.1. The maximum atomic E-state index is 12.3. The van der Waals surface area contributed by atoms with Gasteiger partial charge in [-0.1, -0.05) is 26.0 Å². The number of carbonyl (C=O) groups is 1. The molecule has 0 atom stereocenters. The van der Waals surface area contributed by atoms with Gasteiger partial charge in [-0.2, -0.15) is 0 Å². The highest BCUT2D eigenvalue weighted by Crippen LogP contribution is 2.18. The first kappa shape index (κ1) is 19.4. The molecule has 0 spiro atoms. The van der Waals surface area contributed by atoms with Crippen LogP contribution in [0.1, 0.15) is 30.1 Å². The molecule has 1 aromatic carbocycles. The van der Waals surface area contributed by atoms with E-state index in [1.54, 1.807) is 23.3 Å². The van der Waals surface area contributed by atoms with Crippen molar-refractivity contribution in [3.63, 3.8) is 0 Å². The molecular weight excluding hydrogens is 336 g/mol. The third kappa shape index (κ3) is 6.14. The average Bonchev–Trinajstić information content (AvgIpc) is 3.03. The number of ether oxygens (including phenoxy) is 2. The highest BCUT2D eigenvalue weighted by Gasteiger charge is 2.18. The smallest absolute Gasteiger partial charge is 0.225 e. The molecular formula is C19H26N2O3S. The zero-order valence-electron chi connectivity index (χ0n) is 15.3. The standard InChI is InChI=1S/C19H26N2O3S/c1-14(2)19(22)21(8-9-23-4)11-16-13-25-18(20-16)12-24-17-7-5-6-15(3)10-17/h5-7,10,13-14H,8-9,11-12H2,1-4H3. The number of benzene rings is 1. The largest absolute Gasteiger partial charge is 0.486 e. The van der Waals surface area contributed by atoms with E-state index >= 15 is 0 Å². The van der Waals surface area contributed by atoms with Crippen LogP contribution in [-0.4, -0.2) is 36.1 Å². The molecule has 0 unspecified atom stereocenters. The fourth-order valence-electron chi connectivity index (χ4n) is 2.37. The molecule has 2 rings (SSSR count). The van der Waals surface area contributed by atoms with E-state index in [1.165, 1.54) is 5.56 Å². The molecule has 0 radical (unpaired) electrons. The summed E-state index contributed by atoms with van der Waals surface area (Å²) in [6, 6.07) is 7.95. The number of hydrogen-bond acceptors (Lipinski definition) is 5. The van der Waals surface area contributed by atoms with Crippen molar-refractivity contribution in [3.05, 3.63) is 45.9 Å². The molecule has 5 nitrogen and oxygen atoms in total. The highest BCUT2D eigenvalue weighted by molar-refractivity contribution is 7.09. The minimum atomic E-state index is -0.0420. The molecule has 2 aromatic rings. The first-order valence-corrected chi connectivity index (χ1v) is 9.28. The van der Waals surface area contributed by atoms with Crippen molar-refractivity contribution in [2.24, 2.45) is 5.92 Å². The molecule has 25 heavy (non-hydrogen) atoms. The van der Waals surface area contributed by atoms with E-state index in [-0.39, 0.29) is 11.8 Å². The fraction of sp³-hybridized carbons (Fsp3) is 0.474. The average molecular weight is 362 g/mol. The first-order chi connectivity index (χ1) is 12.0. The van der Waals surface area contributed by atoms with Gasteiger partial charge in [-0.05, 0) is 24.6 Å². The van der Waals surface area contributed by atoms with Crippen molar-refractivity contribution in [1.29, 1.82) is 0 Å². The molecule has 1 heterocycles. The van der Waals surface area contributed by atoms with Gasteiger partial charge in [0.15, 0.2) is 0 Å². The molecule has 1 aromatic heterocycles. The molecule has 6 heteroatoms. The van der Waals surface area contributed by atoms with Gasteiger partial charge in [-0.3, -0.25) is 4.79 Å². The molecule has 0 aliphatic rings. The Morgan fingerprint density at radius 1 is 1.36 bits per heavy atom. The quantitative estimate of drug-likeness (QED) is 0.683. The van der Waals surface area contributed by atoms with E-state index in [0.717, 1.165) is 16.5 Å². The summed E-state index contributed by atoms with van der Waals surface area (Å²) in [6.45, 7) is 7.88. The van der Waals surface area contributed by atoms with Crippen LogP contribution >= 0.6 is 11.3 Å². The fourth-order valence-corrected chi connectivity index (χ4v) is 3.06. The van der Waals surface area contributed by atoms with E-state index in [4.69, 9.17) is 9.47 Å². The van der Waals surface area contributed by atoms with Gasteiger partial charge < -0.3 is 14.4 Å². The van der Waals surface area contributed by atoms with Gasteiger partial charge in [0.25, 0.3) is 0 Å². The maximum absolute atomic E-state index is 12.3. The van der Waals surface area contributed by atoms with E-state index in [9.17, 15) is 4.79 Å². The number of methoxy groups -OCH3 is 1. The summed E-state index contributed by atoms with van der Waals surface area (Å²) in [5.74, 6) is 0.913. The summed E-state index contributed by atoms with van der Waals surface area (Å²) in [6.07, 6.45) is 0. The van der Waals surface area contributed by atoms with Crippen LogP contribution in [0, 0.1) is 12.8 Å². The molecule has 0 aliphatic heterocycles. The molecule has 0 saturated carbocycles. The van der Waals surface area contributed by atoms with Gasteiger partial charge >= 0.3 is 0 Å². The van der Waals surface area contributed by atoms with Gasteiger partial charge in [0, 0.05) is 25.0 Å². The van der Waals surface area contributed by atoms with E-state index in [2.05, 4.69) is 4.98 Å². The van der Waals surface area contributed by atoms with Crippen molar-refractivity contribution in [2.75, 3.05) is 20.3 Å². The van der Waals surface area contributed by atoms with Gasteiger partial charge in [0.1, 0.15) is 17.4 Å². The minimum Gasteiger partial charge on any atom is -0.486 e. The van der Waals surface area contributed by atoms with Crippen LogP contribution in [-0.2, 0) is 22.7 Å². The Labute approximate surface area is 153 Å². The maximum Gasteiger partial charge on any atom is 0.225 e. The molecule has 136 valence electrons. The molecule has 1 amide bonds. The number of nitrogens with zero attached hydrogens (tertiary/aromatic N) is 2. The number of aryl methyl sites for hydroxylation is 1. The molecule has 0 N–H and O–H groups in total. The topological polar surface area (TPSA) is 51.7 Å². The van der Waals surface area contributed by atoms with Crippen LogP contribution in [0.15, 0.2) is 29.6 Å². The highest BCUT2D eigenvalue weighted by atomic mass is 32.1. The summed E-state index contributed by atoms with van der Waals surface area (Å²) < 4.78 is 10.9. The Kier molecular flexibility index (Phi) is 7.40. The monoisotopic (exact) mass is 362 g/mol. The summed E-state index contributed by atoms with van der Waals surface area (Å²) in [5.41, 5.74) is 2.05. The molecule has 0 saturated heterocycles. The summed E-state index contributed by atoms with van der Waals surface area (Å²) in [4.78, 5) is 18.7. The number of thiazole rings is 1. The van der Waals surface area contributed by atoms with Crippen molar-refractivity contribution >= 4 is 17.2 Å². The van der Waals surface area contributed by atoms with Crippen LogP contribution in [0.5, 0.6) is 5.75 Å². The first-order valence-electron chi connectivity index (χ1n) is 8.40. The Morgan fingerprint density at radius 2 is 2.16 bits per heavy atom. The SMILES string of the molecule is COCCN(Cc1csc(COc2cccc(C)c2)n1)C(=O)C(C)C. The number of aromatic nitrogens is 1. The summed E-state index contributed by atoms with van der Waals surface area (Å²) in [7, 11) is 1.64. The van der Waals surface area contributed by atoms with E-state index in [0.29, 0.717) is 26.3 Å². The Bertz CT molecular complexity index is 685. The van der Waals surface area contributed by atoms with Gasteiger partial charge in [0.2, 0.25) is 5.91 Å². The van der Waals surface area contributed by atoms with Crippen LogP contribution < -0.4 is 4.74 Å². The van der Waals surface area contributed by atoms with Gasteiger partial charge in [0.05, 0.1) is 18.8 Å². The second-order valence-electron chi connectivity index (χ2n) is 6.25. The third-order valence-corrected chi connectivity index (χ3v) is 4.55. The number of carbonyl (C=O) groups excluding carboxylic acids is 1. The molecule has 0 aliphatic carbocycles. The van der Waals surface area contributed by atoms with Crippen molar-refractivity contribution in [3.8, 4) is 5.75 Å². The predicted octanol–water partition coefficient (Wildman–Crippen LogP) is 3.66. The Morgan fingerprint density at radius 3 is 2.84 bits per heavy atom. The summed E-state index contributed by atoms with van der Waals surface area (Å²) >= 11 is 1.55. The summed E-state index contributed by atoms with van der Waals surface area (Å²) in [5, 5.41) is 2.89. The van der Waals surface area contributed by atoms with E-state index < -0.39 is 0 Å². The number of rotatable bonds is 9. The van der Waals surface area contributed by atoms with Crippen LogP contribution in [0.2, 0.25) is 0 Å². The lowest BCUT2D eigenvalue weighted by Crippen LogP contribution is -2.36. The predicted molar refractivity (Wildman–Crippen MR) is 99.8 cm³/mol. The molecule has 0 fully saturated rings. The lowest BCUT2D eigenvalue weighted by atomic mass is 10.2. The van der Waals surface area contributed by atoms with Crippen LogP contribution in [0.25, 0.3) is 0 Å². The number of hydrogen-bond donors (Lipinski definition) is 0. The van der Waals surface area contributed by atoms with Crippen molar-refractivity contribution < 1.29 is 14.3 Å². The third-order valence-electron chi connectivity index (χ3n) is 3.67. The number of amides is 1. The van der Waals surface area contributed by atoms with Gasteiger partial charge in [-0.25, -0.2) is 4.98 Å². The van der Waals surface area contributed by atoms with Crippen molar-refractivity contribution in [2.45, 2.75) is 33.9 Å². The molecule has 0 bridgehead atoms.